The van der Waals surface area contributed by atoms with Gasteiger partial charge in [-0.1, -0.05) is 47.6 Å². The summed E-state index contributed by atoms with van der Waals surface area (Å²) in [6.45, 7) is 15.3. The number of aromatic nitrogens is 3. The predicted octanol–water partition coefficient (Wildman–Crippen LogP) is 6.42. The van der Waals surface area contributed by atoms with Crippen molar-refractivity contribution in [2.24, 2.45) is 0 Å². The second-order valence-electron chi connectivity index (χ2n) is 10.4. The molecular weight excluding hydrogens is 450 g/mol. The van der Waals surface area contributed by atoms with Gasteiger partial charge >= 0.3 is 0 Å². The van der Waals surface area contributed by atoms with Gasteiger partial charge in [0.05, 0.1) is 31.7 Å². The van der Waals surface area contributed by atoms with Crippen molar-refractivity contribution in [3.63, 3.8) is 0 Å². The summed E-state index contributed by atoms with van der Waals surface area (Å²) in [4.78, 5) is 13.3. The maximum atomic E-state index is 5.38. The van der Waals surface area contributed by atoms with Crippen molar-refractivity contribution in [2.45, 2.75) is 78.6 Å². The minimum atomic E-state index is 0.486. The molecule has 0 saturated carbocycles. The molecule has 0 amide bonds. The van der Waals surface area contributed by atoms with E-state index in [0.717, 1.165) is 67.8 Å². The molecule has 6 rings (SSSR count). The van der Waals surface area contributed by atoms with Crippen LogP contribution in [-0.4, -0.2) is 34.8 Å². The van der Waals surface area contributed by atoms with Crippen LogP contribution >= 0.6 is 0 Å². The molecule has 192 valence electrons. The molecule has 6 nitrogen and oxygen atoms in total. The van der Waals surface area contributed by atoms with Gasteiger partial charge in [-0.2, -0.15) is 0 Å². The number of rotatable bonds is 3. The van der Waals surface area contributed by atoms with Crippen LogP contribution in [0.2, 0.25) is 0 Å². The van der Waals surface area contributed by atoms with Crippen molar-refractivity contribution in [3.8, 4) is 17.4 Å². The molecule has 0 saturated heterocycles. The molecule has 0 N–H and O–H groups in total. The molecule has 6 heterocycles. The lowest BCUT2D eigenvalue weighted by molar-refractivity contribution is 0.343. The van der Waals surface area contributed by atoms with Gasteiger partial charge in [0.15, 0.2) is 0 Å². The van der Waals surface area contributed by atoms with Crippen LogP contribution in [0.15, 0.2) is 36.5 Å². The van der Waals surface area contributed by atoms with E-state index in [-0.39, 0.29) is 0 Å². The molecule has 6 heteroatoms. The number of fused-ring (bicyclic) bond motifs is 3. The van der Waals surface area contributed by atoms with Crippen LogP contribution in [0.5, 0.6) is 17.4 Å². The fourth-order valence-corrected chi connectivity index (χ4v) is 4.19. The van der Waals surface area contributed by atoms with E-state index in [1.165, 1.54) is 22.5 Å². The van der Waals surface area contributed by atoms with E-state index in [4.69, 9.17) is 14.2 Å². The SMILES string of the molecule is CC(C)c1cc2c(cn1)OCC2.CC(C)c1ccc2c(n1)CCO2.CC(C)c1ccc2c(n1)OCC2. The normalized spacial score (nSPS) is 14.6. The highest BCUT2D eigenvalue weighted by atomic mass is 16.5. The summed E-state index contributed by atoms with van der Waals surface area (Å²) < 4.78 is 16.1. The van der Waals surface area contributed by atoms with Gasteiger partial charge in [-0.25, -0.2) is 4.98 Å². The minimum Gasteiger partial charge on any atom is -0.491 e. The summed E-state index contributed by atoms with van der Waals surface area (Å²) in [5.74, 6) is 4.30. The van der Waals surface area contributed by atoms with Crippen LogP contribution in [0.25, 0.3) is 0 Å². The Balaban J connectivity index is 0.000000127. The number of pyridine rings is 3. The first kappa shape index (κ1) is 25.9. The summed E-state index contributed by atoms with van der Waals surface area (Å²) in [6, 6.07) is 10.5. The van der Waals surface area contributed by atoms with Crippen LogP contribution in [0, 0.1) is 0 Å². The van der Waals surface area contributed by atoms with Crippen LogP contribution in [0.3, 0.4) is 0 Å². The van der Waals surface area contributed by atoms with Crippen LogP contribution < -0.4 is 14.2 Å². The molecule has 3 aromatic rings. The zero-order valence-electron chi connectivity index (χ0n) is 22.5. The molecule has 0 fully saturated rings. The first-order valence-electron chi connectivity index (χ1n) is 13.2. The Hall–Kier alpha value is -3.15. The fourth-order valence-electron chi connectivity index (χ4n) is 4.19. The third-order valence-electron chi connectivity index (χ3n) is 6.49. The molecule has 36 heavy (non-hydrogen) atoms. The highest BCUT2D eigenvalue weighted by molar-refractivity contribution is 5.36. The molecule has 3 aromatic heterocycles. The Kier molecular flexibility index (Phi) is 8.44. The molecular formula is C30H39N3O3. The average molecular weight is 490 g/mol. The van der Waals surface area contributed by atoms with Crippen molar-refractivity contribution >= 4 is 0 Å². The lowest BCUT2D eigenvalue weighted by Crippen LogP contribution is -1.94. The van der Waals surface area contributed by atoms with Gasteiger partial charge in [-0.3, -0.25) is 9.97 Å². The van der Waals surface area contributed by atoms with Crippen LogP contribution in [0.1, 0.15) is 93.2 Å². The van der Waals surface area contributed by atoms with Crippen LogP contribution in [-0.2, 0) is 19.3 Å². The number of nitrogens with zero attached hydrogens (tertiary/aromatic N) is 3. The van der Waals surface area contributed by atoms with E-state index in [2.05, 4.69) is 80.8 Å². The van der Waals surface area contributed by atoms with Crippen LogP contribution in [0.4, 0.5) is 0 Å². The molecule has 0 spiro atoms. The maximum Gasteiger partial charge on any atom is 0.216 e. The summed E-state index contributed by atoms with van der Waals surface area (Å²) in [5.41, 5.74) is 7.14. The second-order valence-corrected chi connectivity index (χ2v) is 10.4. The van der Waals surface area contributed by atoms with Gasteiger partial charge in [0.2, 0.25) is 5.88 Å². The Bertz CT molecular complexity index is 1030. The molecule has 3 aliphatic rings. The Morgan fingerprint density at radius 1 is 0.611 bits per heavy atom. The molecule has 3 aliphatic heterocycles. The lowest BCUT2D eigenvalue weighted by atomic mass is 10.1. The first-order valence-corrected chi connectivity index (χ1v) is 13.2. The highest BCUT2D eigenvalue weighted by Gasteiger charge is 2.16. The van der Waals surface area contributed by atoms with Crippen molar-refractivity contribution in [1.29, 1.82) is 0 Å². The Labute approximate surface area is 215 Å². The van der Waals surface area contributed by atoms with Gasteiger partial charge in [-0.15, -0.1) is 0 Å². The minimum absolute atomic E-state index is 0.486. The van der Waals surface area contributed by atoms with Gasteiger partial charge < -0.3 is 14.2 Å². The number of hydrogen-bond acceptors (Lipinski definition) is 6. The number of hydrogen-bond donors (Lipinski definition) is 0. The molecule has 0 aliphatic carbocycles. The van der Waals surface area contributed by atoms with Gasteiger partial charge in [0, 0.05) is 47.5 Å². The topological polar surface area (TPSA) is 66.4 Å². The lowest BCUT2D eigenvalue weighted by Gasteiger charge is -2.05. The van der Waals surface area contributed by atoms with Crippen molar-refractivity contribution in [3.05, 3.63) is 70.4 Å². The van der Waals surface area contributed by atoms with Crippen molar-refractivity contribution < 1.29 is 14.2 Å². The van der Waals surface area contributed by atoms with Gasteiger partial charge in [0.25, 0.3) is 0 Å². The Morgan fingerprint density at radius 3 is 1.97 bits per heavy atom. The zero-order valence-corrected chi connectivity index (χ0v) is 22.5. The van der Waals surface area contributed by atoms with E-state index in [1.807, 2.05) is 12.3 Å². The first-order chi connectivity index (χ1) is 17.3. The summed E-state index contributed by atoms with van der Waals surface area (Å²) in [5, 5.41) is 0. The highest BCUT2D eigenvalue weighted by Crippen LogP contribution is 2.27. The molecule has 0 bridgehead atoms. The summed E-state index contributed by atoms with van der Waals surface area (Å²) in [6.07, 6.45) is 4.87. The summed E-state index contributed by atoms with van der Waals surface area (Å²) in [7, 11) is 0. The standard InChI is InChI=1S/3C10H13NO/c1-7(2)9-5-8-3-4-12-10(8)6-11-9;1-7(2)8-3-4-10-9(11-8)5-6-12-10;1-7(2)9-4-3-8-5-6-12-10(8)11-9/h5-7H,3-4H2,1-2H3;2*3-4,7H,5-6H2,1-2H3. The summed E-state index contributed by atoms with van der Waals surface area (Å²) >= 11 is 0. The quantitative estimate of drug-likeness (QED) is 0.423. The van der Waals surface area contributed by atoms with E-state index < -0.39 is 0 Å². The average Bonchev–Trinajstić information content (AvgIpc) is 3.63. The predicted molar refractivity (Wildman–Crippen MR) is 143 cm³/mol. The van der Waals surface area contributed by atoms with E-state index in [0.29, 0.717) is 17.8 Å². The molecule has 0 radical (unpaired) electrons. The zero-order chi connectivity index (χ0) is 25.7. The molecule has 0 aromatic carbocycles. The van der Waals surface area contributed by atoms with Gasteiger partial charge in [-0.05, 0) is 42.0 Å². The van der Waals surface area contributed by atoms with E-state index in [1.54, 1.807) is 0 Å². The number of ether oxygens (including phenoxy) is 3. The maximum absolute atomic E-state index is 5.38. The third-order valence-corrected chi connectivity index (χ3v) is 6.49. The van der Waals surface area contributed by atoms with Crippen molar-refractivity contribution in [2.75, 3.05) is 19.8 Å². The van der Waals surface area contributed by atoms with Crippen molar-refractivity contribution in [1.82, 2.24) is 15.0 Å². The van der Waals surface area contributed by atoms with E-state index >= 15 is 0 Å². The second kappa shape index (κ2) is 11.7. The van der Waals surface area contributed by atoms with E-state index in [9.17, 15) is 0 Å². The molecule has 0 atom stereocenters. The fraction of sp³-hybridized carbons (Fsp3) is 0.500. The monoisotopic (exact) mass is 489 g/mol. The third kappa shape index (κ3) is 6.34. The Morgan fingerprint density at radius 2 is 1.22 bits per heavy atom. The largest absolute Gasteiger partial charge is 0.491 e. The smallest absolute Gasteiger partial charge is 0.216 e. The van der Waals surface area contributed by atoms with Gasteiger partial charge in [0.1, 0.15) is 11.5 Å². The molecule has 0 unspecified atom stereocenters.